The molecule has 0 unspecified atom stereocenters. The summed E-state index contributed by atoms with van der Waals surface area (Å²) in [6, 6.07) is 7.95. The Kier molecular flexibility index (Phi) is 5.48. The maximum Gasteiger partial charge on any atom is 0.239 e. The Morgan fingerprint density at radius 2 is 1.82 bits per heavy atom. The second-order valence-corrected chi connectivity index (χ2v) is 5.38. The largest absolute Gasteiger partial charge is 0.376 e. The van der Waals surface area contributed by atoms with Crippen LogP contribution in [0.1, 0.15) is 20.8 Å². The Morgan fingerprint density at radius 1 is 1.24 bits per heavy atom. The molecule has 0 radical (unpaired) electrons. The van der Waals surface area contributed by atoms with Gasteiger partial charge in [0, 0.05) is 16.2 Å². The minimum Gasteiger partial charge on any atom is -0.376 e. The molecule has 4 heteroatoms. The van der Waals surface area contributed by atoms with Crippen LogP contribution in [0.25, 0.3) is 0 Å². The van der Waals surface area contributed by atoms with E-state index in [9.17, 15) is 4.79 Å². The number of halogens is 1. The first-order chi connectivity index (χ1) is 7.99. The van der Waals surface area contributed by atoms with Crippen LogP contribution in [-0.4, -0.2) is 18.5 Å². The number of anilines is 1. The molecule has 1 rings (SSSR count). The molecule has 1 amide bonds. The monoisotopic (exact) mass is 298 g/mol. The quantitative estimate of drug-likeness (QED) is 0.877. The van der Waals surface area contributed by atoms with Crippen molar-refractivity contribution in [3.05, 3.63) is 28.7 Å². The molecule has 1 aromatic carbocycles. The lowest BCUT2D eigenvalue weighted by Crippen LogP contribution is -2.39. The fourth-order valence-corrected chi connectivity index (χ4v) is 1.49. The van der Waals surface area contributed by atoms with Crippen LogP contribution in [0.4, 0.5) is 5.69 Å². The number of hydrogen-bond donors (Lipinski definition) is 2. The van der Waals surface area contributed by atoms with E-state index in [4.69, 9.17) is 0 Å². The number of amides is 1. The van der Waals surface area contributed by atoms with Crippen molar-refractivity contribution < 1.29 is 4.79 Å². The van der Waals surface area contributed by atoms with E-state index in [0.29, 0.717) is 12.5 Å². The number of nitrogens with one attached hydrogen (secondary N) is 2. The van der Waals surface area contributed by atoms with Crippen molar-refractivity contribution in [1.29, 1.82) is 0 Å². The summed E-state index contributed by atoms with van der Waals surface area (Å²) in [5.74, 6) is 0.473. The van der Waals surface area contributed by atoms with Gasteiger partial charge in [0.05, 0.1) is 6.54 Å². The molecule has 0 bridgehead atoms. The SMILES string of the molecule is CC(C)[C@H](C)NC(=O)CNc1ccc(Br)cc1. The average molecular weight is 299 g/mol. The highest BCUT2D eigenvalue weighted by atomic mass is 79.9. The Labute approximate surface area is 111 Å². The van der Waals surface area contributed by atoms with Gasteiger partial charge in [-0.1, -0.05) is 29.8 Å². The summed E-state index contributed by atoms with van der Waals surface area (Å²) in [6.45, 7) is 6.50. The van der Waals surface area contributed by atoms with Gasteiger partial charge in [-0.05, 0) is 37.1 Å². The number of carbonyl (C=O) groups is 1. The lowest BCUT2D eigenvalue weighted by atomic mass is 10.1. The third kappa shape index (κ3) is 5.22. The first-order valence-corrected chi connectivity index (χ1v) is 6.57. The molecule has 1 aromatic rings. The highest BCUT2D eigenvalue weighted by Gasteiger charge is 2.09. The lowest BCUT2D eigenvalue weighted by molar-refractivity contribution is -0.120. The van der Waals surface area contributed by atoms with Crippen LogP contribution in [0.5, 0.6) is 0 Å². The van der Waals surface area contributed by atoms with Gasteiger partial charge in [0.2, 0.25) is 5.91 Å². The number of carbonyl (C=O) groups excluding carboxylic acids is 1. The van der Waals surface area contributed by atoms with E-state index in [1.54, 1.807) is 0 Å². The van der Waals surface area contributed by atoms with Gasteiger partial charge in [0.25, 0.3) is 0 Å². The fraction of sp³-hybridized carbons (Fsp3) is 0.462. The zero-order valence-electron chi connectivity index (χ0n) is 10.5. The van der Waals surface area contributed by atoms with Gasteiger partial charge in [0.15, 0.2) is 0 Å². The van der Waals surface area contributed by atoms with E-state index < -0.39 is 0 Å². The molecule has 0 aliphatic heterocycles. The summed E-state index contributed by atoms with van der Waals surface area (Å²) in [7, 11) is 0. The summed E-state index contributed by atoms with van der Waals surface area (Å²) < 4.78 is 1.03. The number of benzene rings is 1. The van der Waals surface area contributed by atoms with Crippen molar-refractivity contribution >= 4 is 27.5 Å². The normalized spacial score (nSPS) is 12.3. The molecular weight excluding hydrogens is 280 g/mol. The second kappa shape index (κ2) is 6.64. The van der Waals surface area contributed by atoms with Gasteiger partial charge in [-0.2, -0.15) is 0 Å². The van der Waals surface area contributed by atoms with E-state index >= 15 is 0 Å². The predicted molar refractivity (Wildman–Crippen MR) is 75.1 cm³/mol. The molecule has 94 valence electrons. The molecular formula is C13H19BrN2O. The Bertz CT molecular complexity index is 362. The minimum atomic E-state index is 0.0223. The van der Waals surface area contributed by atoms with E-state index in [2.05, 4.69) is 40.4 Å². The lowest BCUT2D eigenvalue weighted by Gasteiger charge is -2.17. The van der Waals surface area contributed by atoms with Gasteiger partial charge in [-0.25, -0.2) is 0 Å². The topological polar surface area (TPSA) is 41.1 Å². The van der Waals surface area contributed by atoms with Crippen LogP contribution in [0.15, 0.2) is 28.7 Å². The van der Waals surface area contributed by atoms with Crippen LogP contribution < -0.4 is 10.6 Å². The fourth-order valence-electron chi connectivity index (χ4n) is 1.22. The van der Waals surface area contributed by atoms with E-state index in [0.717, 1.165) is 10.2 Å². The van der Waals surface area contributed by atoms with Crippen molar-refractivity contribution in [2.45, 2.75) is 26.8 Å². The summed E-state index contributed by atoms with van der Waals surface area (Å²) in [6.07, 6.45) is 0. The van der Waals surface area contributed by atoms with Crippen molar-refractivity contribution in [2.75, 3.05) is 11.9 Å². The zero-order valence-corrected chi connectivity index (χ0v) is 12.0. The first kappa shape index (κ1) is 14.0. The highest BCUT2D eigenvalue weighted by molar-refractivity contribution is 9.10. The van der Waals surface area contributed by atoms with E-state index in [1.807, 2.05) is 31.2 Å². The molecule has 0 saturated heterocycles. The Balaban J connectivity index is 2.35. The molecule has 0 heterocycles. The summed E-state index contributed by atoms with van der Waals surface area (Å²) in [4.78, 5) is 11.6. The maximum absolute atomic E-state index is 11.6. The Morgan fingerprint density at radius 3 is 2.35 bits per heavy atom. The minimum absolute atomic E-state index is 0.0223. The third-order valence-electron chi connectivity index (χ3n) is 2.69. The molecule has 0 aliphatic rings. The van der Waals surface area contributed by atoms with Gasteiger partial charge in [-0.15, -0.1) is 0 Å². The second-order valence-electron chi connectivity index (χ2n) is 4.46. The standard InChI is InChI=1S/C13H19BrN2O/c1-9(2)10(3)16-13(17)8-15-12-6-4-11(14)5-7-12/h4-7,9-10,15H,8H2,1-3H3,(H,16,17)/t10-/m0/s1. The number of hydrogen-bond acceptors (Lipinski definition) is 2. The van der Waals surface area contributed by atoms with Gasteiger partial charge in [-0.3, -0.25) is 4.79 Å². The molecule has 17 heavy (non-hydrogen) atoms. The molecule has 3 nitrogen and oxygen atoms in total. The van der Waals surface area contributed by atoms with Crippen LogP contribution >= 0.6 is 15.9 Å². The average Bonchev–Trinajstić information content (AvgIpc) is 2.28. The van der Waals surface area contributed by atoms with Crippen molar-refractivity contribution in [2.24, 2.45) is 5.92 Å². The van der Waals surface area contributed by atoms with E-state index in [1.165, 1.54) is 0 Å². The first-order valence-electron chi connectivity index (χ1n) is 5.78. The molecule has 0 fully saturated rings. The van der Waals surface area contributed by atoms with Gasteiger partial charge in [0.1, 0.15) is 0 Å². The van der Waals surface area contributed by atoms with Crippen LogP contribution in [-0.2, 0) is 4.79 Å². The molecule has 0 aromatic heterocycles. The zero-order chi connectivity index (χ0) is 12.8. The third-order valence-corrected chi connectivity index (χ3v) is 3.21. The van der Waals surface area contributed by atoms with Crippen LogP contribution in [0.3, 0.4) is 0 Å². The van der Waals surface area contributed by atoms with Crippen LogP contribution in [0, 0.1) is 5.92 Å². The Hall–Kier alpha value is -1.03. The van der Waals surface area contributed by atoms with Crippen molar-refractivity contribution in [3.63, 3.8) is 0 Å². The molecule has 0 aliphatic carbocycles. The summed E-state index contributed by atoms with van der Waals surface area (Å²) >= 11 is 3.37. The maximum atomic E-state index is 11.6. The van der Waals surface area contributed by atoms with E-state index in [-0.39, 0.29) is 11.9 Å². The van der Waals surface area contributed by atoms with Gasteiger partial charge >= 0.3 is 0 Å². The van der Waals surface area contributed by atoms with Gasteiger partial charge < -0.3 is 10.6 Å². The summed E-state index contributed by atoms with van der Waals surface area (Å²) in [5.41, 5.74) is 0.945. The smallest absolute Gasteiger partial charge is 0.239 e. The predicted octanol–water partition coefficient (Wildman–Crippen LogP) is 3.02. The highest BCUT2D eigenvalue weighted by Crippen LogP contribution is 2.13. The summed E-state index contributed by atoms with van der Waals surface area (Å²) in [5, 5.41) is 6.03. The van der Waals surface area contributed by atoms with Crippen molar-refractivity contribution in [1.82, 2.24) is 5.32 Å². The van der Waals surface area contributed by atoms with Crippen LogP contribution in [0.2, 0.25) is 0 Å². The number of rotatable bonds is 5. The molecule has 0 saturated carbocycles. The van der Waals surface area contributed by atoms with Crippen molar-refractivity contribution in [3.8, 4) is 0 Å². The molecule has 2 N–H and O–H groups in total. The molecule has 0 spiro atoms. The molecule has 1 atom stereocenters.